The molecule has 0 saturated carbocycles. The van der Waals surface area contributed by atoms with Crippen molar-refractivity contribution >= 4 is 29.2 Å². The van der Waals surface area contributed by atoms with Gasteiger partial charge in [-0.1, -0.05) is 13.0 Å². The van der Waals surface area contributed by atoms with Crippen LogP contribution in [-0.2, 0) is 4.79 Å². The second-order valence-corrected chi connectivity index (χ2v) is 7.74. The molecular weight excluding hydrogens is 367 g/mol. The Balaban J connectivity index is 1.42. The van der Waals surface area contributed by atoms with Crippen LogP contribution in [0.25, 0.3) is 0 Å². The molecule has 5 nitrogen and oxygen atoms in total. The average molecular weight is 394 g/mol. The van der Waals surface area contributed by atoms with Crippen molar-refractivity contribution in [3.05, 3.63) is 53.8 Å². The normalized spacial score (nSPS) is 20.7. The Morgan fingerprint density at radius 2 is 1.90 bits per heavy atom. The highest BCUT2D eigenvalue weighted by molar-refractivity contribution is 6.12. The molecule has 2 heterocycles. The maximum atomic E-state index is 14.1. The molecule has 1 fully saturated rings. The van der Waals surface area contributed by atoms with Crippen LogP contribution < -0.4 is 10.2 Å². The number of carbonyl (C=O) groups is 1. The predicted octanol–water partition coefficient (Wildman–Crippen LogP) is 4.18. The van der Waals surface area contributed by atoms with Crippen LogP contribution in [-0.4, -0.2) is 49.2 Å². The Hall–Kier alpha value is -2.73. The van der Waals surface area contributed by atoms with Crippen molar-refractivity contribution in [2.24, 2.45) is 4.99 Å². The van der Waals surface area contributed by atoms with Gasteiger partial charge in [0, 0.05) is 55.4 Å². The quantitative estimate of drug-likeness (QED) is 0.774. The van der Waals surface area contributed by atoms with Crippen LogP contribution in [0.2, 0.25) is 0 Å². The number of anilines is 2. The number of nitrogens with zero attached hydrogens (tertiary/aromatic N) is 3. The van der Waals surface area contributed by atoms with Crippen LogP contribution in [0.4, 0.5) is 21.5 Å². The summed E-state index contributed by atoms with van der Waals surface area (Å²) in [5, 5.41) is 2.71. The first-order chi connectivity index (χ1) is 14.1. The fourth-order valence-electron chi connectivity index (χ4n) is 4.04. The number of nitrogens with one attached hydrogen (secondary N) is 1. The molecule has 1 amide bonds. The maximum absolute atomic E-state index is 14.1. The summed E-state index contributed by atoms with van der Waals surface area (Å²) in [6, 6.07) is 13.3. The topological polar surface area (TPSA) is 47.9 Å². The molecule has 1 N–H and O–H groups in total. The summed E-state index contributed by atoms with van der Waals surface area (Å²) < 4.78 is 14.1. The molecule has 2 aliphatic rings. The monoisotopic (exact) mass is 394 g/mol. The number of amides is 1. The second-order valence-electron chi connectivity index (χ2n) is 7.74. The molecule has 0 bridgehead atoms. The minimum absolute atomic E-state index is 0.246. The Bertz CT molecular complexity index is 904. The summed E-state index contributed by atoms with van der Waals surface area (Å²) in [6.45, 7) is 8.72. The highest BCUT2D eigenvalue weighted by Crippen LogP contribution is 2.34. The zero-order valence-electron chi connectivity index (χ0n) is 16.9. The summed E-state index contributed by atoms with van der Waals surface area (Å²) in [4.78, 5) is 21.5. The molecule has 6 heteroatoms. The van der Waals surface area contributed by atoms with E-state index in [9.17, 15) is 9.18 Å². The van der Waals surface area contributed by atoms with Crippen molar-refractivity contribution in [3.8, 4) is 0 Å². The van der Waals surface area contributed by atoms with Crippen molar-refractivity contribution in [2.45, 2.75) is 32.2 Å². The van der Waals surface area contributed by atoms with Crippen molar-refractivity contribution in [1.29, 1.82) is 0 Å². The number of benzene rings is 2. The SMILES string of the molecule is CCC(C)N1CCN(c2ccc(N=CC3C(=O)Nc4cccc(F)c43)cc2)CC1. The number of rotatable bonds is 5. The lowest BCUT2D eigenvalue weighted by atomic mass is 10.0. The molecule has 0 aromatic heterocycles. The van der Waals surface area contributed by atoms with Crippen LogP contribution in [0.1, 0.15) is 31.7 Å². The minimum Gasteiger partial charge on any atom is -0.369 e. The van der Waals surface area contributed by atoms with Gasteiger partial charge < -0.3 is 10.2 Å². The van der Waals surface area contributed by atoms with Crippen molar-refractivity contribution in [1.82, 2.24) is 4.90 Å². The molecular formula is C23H27FN4O. The van der Waals surface area contributed by atoms with E-state index in [-0.39, 0.29) is 11.7 Å². The number of fused-ring (bicyclic) bond motifs is 1. The molecule has 1 saturated heterocycles. The largest absolute Gasteiger partial charge is 0.369 e. The molecule has 152 valence electrons. The van der Waals surface area contributed by atoms with Crippen LogP contribution in [0, 0.1) is 5.82 Å². The molecule has 2 unspecified atom stereocenters. The van der Waals surface area contributed by atoms with Crippen LogP contribution in [0.5, 0.6) is 0 Å². The van der Waals surface area contributed by atoms with E-state index in [0.717, 1.165) is 31.9 Å². The summed E-state index contributed by atoms with van der Waals surface area (Å²) in [5.41, 5.74) is 2.84. The molecule has 2 aromatic rings. The van der Waals surface area contributed by atoms with Gasteiger partial charge in [0.1, 0.15) is 11.7 Å². The summed E-state index contributed by atoms with van der Waals surface area (Å²) in [5.74, 6) is -1.33. The molecule has 2 atom stereocenters. The maximum Gasteiger partial charge on any atom is 0.237 e. The van der Waals surface area contributed by atoms with Gasteiger partial charge in [-0.3, -0.25) is 14.7 Å². The number of hydrogen-bond donors (Lipinski definition) is 1. The van der Waals surface area contributed by atoms with Gasteiger partial charge in [-0.2, -0.15) is 0 Å². The first-order valence-corrected chi connectivity index (χ1v) is 10.3. The number of hydrogen-bond acceptors (Lipinski definition) is 4. The van der Waals surface area contributed by atoms with Gasteiger partial charge in [0.15, 0.2) is 0 Å². The van der Waals surface area contributed by atoms with E-state index in [4.69, 9.17) is 0 Å². The smallest absolute Gasteiger partial charge is 0.237 e. The highest BCUT2D eigenvalue weighted by Gasteiger charge is 2.31. The van der Waals surface area contributed by atoms with Gasteiger partial charge in [0.25, 0.3) is 0 Å². The fourth-order valence-corrected chi connectivity index (χ4v) is 4.04. The molecule has 0 radical (unpaired) electrons. The Kier molecular flexibility index (Phi) is 5.62. The molecule has 4 rings (SSSR count). The van der Waals surface area contributed by atoms with Crippen LogP contribution in [0.3, 0.4) is 0 Å². The van der Waals surface area contributed by atoms with Crippen molar-refractivity contribution in [3.63, 3.8) is 0 Å². The third-order valence-electron chi connectivity index (χ3n) is 6.02. The highest BCUT2D eigenvalue weighted by atomic mass is 19.1. The second kappa shape index (κ2) is 8.33. The lowest BCUT2D eigenvalue weighted by Gasteiger charge is -2.39. The number of halogens is 1. The van der Waals surface area contributed by atoms with Crippen molar-refractivity contribution < 1.29 is 9.18 Å². The standard InChI is InChI=1S/C23H27FN4O/c1-3-16(2)27-11-13-28(14-12-27)18-9-7-17(8-10-18)25-15-19-22-20(24)5-4-6-21(22)26-23(19)29/h4-10,15-16,19H,3,11-14H2,1-2H3,(H,26,29). The molecule has 2 aromatic carbocycles. The third kappa shape index (κ3) is 4.03. The fraction of sp³-hybridized carbons (Fsp3) is 0.391. The lowest BCUT2D eigenvalue weighted by Crippen LogP contribution is -2.49. The Morgan fingerprint density at radius 3 is 2.59 bits per heavy atom. The summed E-state index contributed by atoms with van der Waals surface area (Å²) in [7, 11) is 0. The zero-order valence-corrected chi connectivity index (χ0v) is 16.9. The first-order valence-electron chi connectivity index (χ1n) is 10.3. The molecule has 0 aliphatic carbocycles. The van der Waals surface area contributed by atoms with E-state index < -0.39 is 5.92 Å². The van der Waals surface area contributed by atoms with Gasteiger partial charge in [0.2, 0.25) is 5.91 Å². The van der Waals surface area contributed by atoms with Gasteiger partial charge in [0.05, 0.1) is 5.69 Å². The lowest BCUT2D eigenvalue weighted by molar-refractivity contribution is -0.115. The van der Waals surface area contributed by atoms with Gasteiger partial charge in [-0.05, 0) is 49.7 Å². The number of aliphatic imine (C=N–C) groups is 1. The van der Waals surface area contributed by atoms with E-state index in [1.54, 1.807) is 12.1 Å². The predicted molar refractivity (Wildman–Crippen MR) is 116 cm³/mol. The number of piperazine rings is 1. The Labute approximate surface area is 171 Å². The Morgan fingerprint density at radius 1 is 1.17 bits per heavy atom. The molecule has 29 heavy (non-hydrogen) atoms. The molecule has 2 aliphatic heterocycles. The van der Waals surface area contributed by atoms with E-state index in [2.05, 4.69) is 46.1 Å². The first kappa shape index (κ1) is 19.6. The van der Waals surface area contributed by atoms with E-state index in [1.165, 1.54) is 24.4 Å². The van der Waals surface area contributed by atoms with Crippen LogP contribution in [0.15, 0.2) is 47.5 Å². The van der Waals surface area contributed by atoms with Crippen molar-refractivity contribution in [2.75, 3.05) is 36.4 Å². The van der Waals surface area contributed by atoms with Gasteiger partial charge in [-0.15, -0.1) is 0 Å². The zero-order chi connectivity index (χ0) is 20.4. The summed E-state index contributed by atoms with van der Waals surface area (Å²) in [6.07, 6.45) is 2.71. The number of carbonyl (C=O) groups excluding carboxylic acids is 1. The summed E-state index contributed by atoms with van der Waals surface area (Å²) >= 11 is 0. The van der Waals surface area contributed by atoms with E-state index in [0.29, 0.717) is 17.3 Å². The van der Waals surface area contributed by atoms with Gasteiger partial charge >= 0.3 is 0 Å². The average Bonchev–Trinajstić information content (AvgIpc) is 3.08. The van der Waals surface area contributed by atoms with E-state index >= 15 is 0 Å². The van der Waals surface area contributed by atoms with Crippen LogP contribution >= 0.6 is 0 Å². The van der Waals surface area contributed by atoms with Gasteiger partial charge in [-0.25, -0.2) is 4.39 Å². The minimum atomic E-state index is -0.695. The molecule has 0 spiro atoms. The van der Waals surface area contributed by atoms with E-state index in [1.807, 2.05) is 12.1 Å². The third-order valence-corrected chi connectivity index (χ3v) is 6.02.